The van der Waals surface area contributed by atoms with Gasteiger partial charge in [0.05, 0.1) is 11.5 Å². The topological polar surface area (TPSA) is 79.2 Å². The number of carbonyl (C=O) groups excluding carboxylic acids is 1. The van der Waals surface area contributed by atoms with Crippen LogP contribution in [0, 0.1) is 22.7 Å². The van der Waals surface area contributed by atoms with Gasteiger partial charge in [-0.1, -0.05) is 19.3 Å². The first-order valence-corrected chi connectivity index (χ1v) is 4.99. The number of amides is 1. The molecule has 74 valence electrons. The average molecular weight is 191 g/mol. The van der Waals surface area contributed by atoms with E-state index < -0.39 is 11.3 Å². The van der Waals surface area contributed by atoms with Gasteiger partial charge in [0.1, 0.15) is 11.8 Å². The van der Waals surface area contributed by atoms with E-state index in [1.165, 1.54) is 6.42 Å². The van der Waals surface area contributed by atoms with Crippen molar-refractivity contribution in [3.63, 3.8) is 0 Å². The molecule has 1 heterocycles. The van der Waals surface area contributed by atoms with E-state index >= 15 is 0 Å². The highest BCUT2D eigenvalue weighted by atomic mass is 16.1. The van der Waals surface area contributed by atoms with Crippen molar-refractivity contribution in [2.75, 3.05) is 0 Å². The SMILES string of the molecule is N#CC1C(=O)N=C(N)C12CCCCC2. The van der Waals surface area contributed by atoms with Gasteiger partial charge in [-0.3, -0.25) is 4.79 Å². The van der Waals surface area contributed by atoms with Crippen LogP contribution in [0.15, 0.2) is 4.99 Å². The third-order valence-electron chi connectivity index (χ3n) is 3.42. The first-order valence-electron chi connectivity index (χ1n) is 4.99. The Bertz CT molecular complexity index is 334. The standard InChI is InChI=1S/C10H13N3O/c11-6-7-8(14)13-9(12)10(7)4-2-1-3-5-10/h7H,1-5H2,(H2,12,13,14). The van der Waals surface area contributed by atoms with Crippen molar-refractivity contribution in [1.82, 2.24) is 0 Å². The normalized spacial score (nSPS) is 30.1. The zero-order chi connectivity index (χ0) is 10.2. The fourth-order valence-electron chi connectivity index (χ4n) is 2.59. The van der Waals surface area contributed by atoms with E-state index in [1.807, 2.05) is 0 Å². The largest absolute Gasteiger partial charge is 0.387 e. The molecule has 1 amide bonds. The van der Waals surface area contributed by atoms with Gasteiger partial charge in [0, 0.05) is 0 Å². The van der Waals surface area contributed by atoms with Crippen LogP contribution in [0.5, 0.6) is 0 Å². The second-order valence-corrected chi connectivity index (χ2v) is 4.11. The number of nitrogens with zero attached hydrogens (tertiary/aromatic N) is 2. The van der Waals surface area contributed by atoms with Crippen LogP contribution in [0.1, 0.15) is 32.1 Å². The van der Waals surface area contributed by atoms with Crippen LogP contribution in [-0.2, 0) is 4.79 Å². The molecule has 1 fully saturated rings. The zero-order valence-electron chi connectivity index (χ0n) is 7.99. The van der Waals surface area contributed by atoms with Crippen LogP contribution < -0.4 is 5.73 Å². The van der Waals surface area contributed by atoms with Crippen molar-refractivity contribution < 1.29 is 4.79 Å². The maximum absolute atomic E-state index is 11.4. The molecule has 2 aliphatic rings. The molecule has 0 aromatic heterocycles. The Morgan fingerprint density at radius 1 is 1.43 bits per heavy atom. The van der Waals surface area contributed by atoms with E-state index in [2.05, 4.69) is 11.1 Å². The van der Waals surface area contributed by atoms with Gasteiger partial charge >= 0.3 is 0 Å². The average Bonchev–Trinajstić information content (AvgIpc) is 2.40. The summed E-state index contributed by atoms with van der Waals surface area (Å²) in [6.45, 7) is 0. The van der Waals surface area contributed by atoms with Crippen molar-refractivity contribution in [2.24, 2.45) is 22.1 Å². The van der Waals surface area contributed by atoms with Gasteiger partial charge in [-0.05, 0) is 12.8 Å². The van der Waals surface area contributed by atoms with Gasteiger partial charge in [0.2, 0.25) is 0 Å². The maximum atomic E-state index is 11.4. The molecule has 14 heavy (non-hydrogen) atoms. The second-order valence-electron chi connectivity index (χ2n) is 4.11. The van der Waals surface area contributed by atoms with Crippen LogP contribution >= 0.6 is 0 Å². The number of carbonyl (C=O) groups is 1. The van der Waals surface area contributed by atoms with Crippen LogP contribution in [0.25, 0.3) is 0 Å². The lowest BCUT2D eigenvalue weighted by Gasteiger charge is -2.34. The summed E-state index contributed by atoms with van der Waals surface area (Å²) in [5, 5.41) is 8.97. The van der Waals surface area contributed by atoms with Crippen LogP contribution in [0.3, 0.4) is 0 Å². The highest BCUT2D eigenvalue weighted by Crippen LogP contribution is 2.46. The summed E-state index contributed by atoms with van der Waals surface area (Å²) in [4.78, 5) is 15.2. The van der Waals surface area contributed by atoms with E-state index in [4.69, 9.17) is 11.0 Å². The third-order valence-corrected chi connectivity index (χ3v) is 3.42. The number of nitriles is 1. The van der Waals surface area contributed by atoms with Crippen molar-refractivity contribution in [3.05, 3.63) is 0 Å². The van der Waals surface area contributed by atoms with Crippen LogP contribution in [0.2, 0.25) is 0 Å². The zero-order valence-corrected chi connectivity index (χ0v) is 7.99. The van der Waals surface area contributed by atoms with Gasteiger partial charge < -0.3 is 5.73 Å². The molecule has 0 radical (unpaired) electrons. The Morgan fingerprint density at radius 2 is 2.07 bits per heavy atom. The Kier molecular flexibility index (Phi) is 2.03. The molecule has 4 nitrogen and oxygen atoms in total. The van der Waals surface area contributed by atoms with E-state index in [1.54, 1.807) is 0 Å². The van der Waals surface area contributed by atoms with Crippen molar-refractivity contribution in [2.45, 2.75) is 32.1 Å². The first-order chi connectivity index (χ1) is 6.70. The molecule has 0 aromatic carbocycles. The maximum Gasteiger partial charge on any atom is 0.265 e. The molecule has 1 aliphatic heterocycles. The van der Waals surface area contributed by atoms with Crippen LogP contribution in [0.4, 0.5) is 0 Å². The Balaban J connectivity index is 2.36. The molecule has 0 saturated heterocycles. The Hall–Kier alpha value is -1.37. The highest BCUT2D eigenvalue weighted by molar-refractivity contribution is 6.07. The smallest absolute Gasteiger partial charge is 0.265 e. The summed E-state index contributed by atoms with van der Waals surface area (Å²) in [7, 11) is 0. The molecule has 0 bridgehead atoms. The first kappa shape index (κ1) is 9.20. The lowest BCUT2D eigenvalue weighted by molar-refractivity contribution is -0.121. The predicted molar refractivity (Wildman–Crippen MR) is 51.3 cm³/mol. The molecular weight excluding hydrogens is 178 g/mol. The lowest BCUT2D eigenvalue weighted by atomic mass is 9.67. The number of aliphatic imine (C=N–C) groups is 1. The molecule has 1 saturated carbocycles. The van der Waals surface area contributed by atoms with E-state index in [0.717, 1.165) is 25.7 Å². The molecule has 1 spiro atoms. The van der Waals surface area contributed by atoms with Gasteiger partial charge in [-0.15, -0.1) is 0 Å². The summed E-state index contributed by atoms with van der Waals surface area (Å²) in [6, 6.07) is 2.06. The van der Waals surface area contributed by atoms with Crippen LogP contribution in [-0.4, -0.2) is 11.7 Å². The summed E-state index contributed by atoms with van der Waals surface area (Å²) >= 11 is 0. The number of rotatable bonds is 0. The molecule has 0 aromatic rings. The van der Waals surface area contributed by atoms with Gasteiger partial charge in [0.25, 0.3) is 5.91 Å². The Labute approximate surface area is 82.8 Å². The second kappa shape index (κ2) is 3.09. The number of amidine groups is 1. The highest BCUT2D eigenvalue weighted by Gasteiger charge is 2.51. The van der Waals surface area contributed by atoms with Crippen molar-refractivity contribution in [1.29, 1.82) is 5.26 Å². The minimum atomic E-state index is -0.622. The number of nitrogens with two attached hydrogens (primary N) is 1. The molecule has 2 rings (SSSR count). The van der Waals surface area contributed by atoms with Gasteiger partial charge in [0.15, 0.2) is 0 Å². The van der Waals surface area contributed by atoms with Crippen molar-refractivity contribution in [3.8, 4) is 6.07 Å². The van der Waals surface area contributed by atoms with E-state index in [0.29, 0.717) is 5.84 Å². The van der Waals surface area contributed by atoms with E-state index in [9.17, 15) is 4.79 Å². The number of hydrogen-bond acceptors (Lipinski definition) is 3. The minimum absolute atomic E-state index is 0.341. The predicted octanol–water partition coefficient (Wildman–Crippen LogP) is 0.974. The third kappa shape index (κ3) is 1.05. The Morgan fingerprint density at radius 3 is 2.64 bits per heavy atom. The van der Waals surface area contributed by atoms with E-state index in [-0.39, 0.29) is 5.91 Å². The lowest BCUT2D eigenvalue weighted by Crippen LogP contribution is -2.41. The molecular formula is C10H13N3O. The summed E-state index contributed by atoms with van der Waals surface area (Å²) in [6.07, 6.45) is 4.93. The number of hydrogen-bond donors (Lipinski definition) is 1. The monoisotopic (exact) mass is 191 g/mol. The fraction of sp³-hybridized carbons (Fsp3) is 0.700. The minimum Gasteiger partial charge on any atom is -0.387 e. The van der Waals surface area contributed by atoms with Crippen molar-refractivity contribution >= 4 is 11.7 Å². The molecule has 2 N–H and O–H groups in total. The molecule has 4 heteroatoms. The summed E-state index contributed by atoms with van der Waals surface area (Å²) in [5.74, 6) is -0.566. The van der Waals surface area contributed by atoms with Gasteiger partial charge in [-0.25, -0.2) is 0 Å². The molecule has 1 unspecified atom stereocenters. The molecule has 1 atom stereocenters. The quantitative estimate of drug-likeness (QED) is 0.619. The molecule has 1 aliphatic carbocycles. The summed E-state index contributed by atoms with van der Waals surface area (Å²) in [5.41, 5.74) is 5.37. The summed E-state index contributed by atoms with van der Waals surface area (Å²) < 4.78 is 0. The fourth-order valence-corrected chi connectivity index (χ4v) is 2.59. The van der Waals surface area contributed by atoms with Gasteiger partial charge in [-0.2, -0.15) is 10.3 Å².